The Labute approximate surface area is 117 Å². The zero-order valence-electron chi connectivity index (χ0n) is 12.7. The second-order valence-corrected chi connectivity index (χ2v) is 5.35. The minimum Gasteiger partial charge on any atom is -0.497 e. The van der Waals surface area contributed by atoms with Gasteiger partial charge < -0.3 is 15.2 Å². The van der Waals surface area contributed by atoms with Crippen LogP contribution in [0.2, 0.25) is 0 Å². The molecule has 3 unspecified atom stereocenters. The molecule has 0 amide bonds. The molecule has 0 spiro atoms. The van der Waals surface area contributed by atoms with Crippen LogP contribution in [0.1, 0.15) is 45.8 Å². The summed E-state index contributed by atoms with van der Waals surface area (Å²) in [5.74, 6) is 1.31. The van der Waals surface area contributed by atoms with E-state index in [1.165, 1.54) is 0 Å². The molecule has 3 atom stereocenters. The van der Waals surface area contributed by atoms with Gasteiger partial charge in [0.25, 0.3) is 0 Å². The van der Waals surface area contributed by atoms with Gasteiger partial charge in [0.05, 0.1) is 19.3 Å². The Kier molecular flexibility index (Phi) is 6.32. The van der Waals surface area contributed by atoms with Crippen molar-refractivity contribution in [3.05, 3.63) is 29.8 Å². The van der Waals surface area contributed by atoms with Crippen molar-refractivity contribution in [2.75, 3.05) is 7.11 Å². The third-order valence-corrected chi connectivity index (χ3v) is 3.58. The van der Waals surface area contributed by atoms with E-state index in [-0.39, 0.29) is 18.2 Å². The number of hydrogen-bond acceptors (Lipinski definition) is 3. The average molecular weight is 265 g/mol. The lowest BCUT2D eigenvalue weighted by atomic mass is 9.99. The van der Waals surface area contributed by atoms with Crippen LogP contribution in [0.25, 0.3) is 0 Å². The van der Waals surface area contributed by atoms with Crippen molar-refractivity contribution < 1.29 is 9.47 Å². The number of methoxy groups -OCH3 is 1. The molecule has 1 rings (SSSR count). The molecular weight excluding hydrogens is 238 g/mol. The molecule has 0 radical (unpaired) electrons. The summed E-state index contributed by atoms with van der Waals surface area (Å²) in [6, 6.07) is 7.97. The fraction of sp³-hybridized carbons (Fsp3) is 0.625. The van der Waals surface area contributed by atoms with E-state index in [1.54, 1.807) is 7.11 Å². The molecule has 0 aromatic heterocycles. The van der Waals surface area contributed by atoms with Gasteiger partial charge in [-0.05, 0) is 37.0 Å². The van der Waals surface area contributed by atoms with E-state index in [0.717, 1.165) is 17.7 Å². The van der Waals surface area contributed by atoms with Gasteiger partial charge in [-0.2, -0.15) is 0 Å². The van der Waals surface area contributed by atoms with Crippen LogP contribution >= 0.6 is 0 Å². The van der Waals surface area contributed by atoms with Gasteiger partial charge >= 0.3 is 0 Å². The van der Waals surface area contributed by atoms with Crippen LogP contribution in [0.15, 0.2) is 24.3 Å². The first kappa shape index (κ1) is 16.0. The number of nitrogens with two attached hydrogens (primary N) is 1. The van der Waals surface area contributed by atoms with Crippen molar-refractivity contribution in [3.8, 4) is 5.75 Å². The highest BCUT2D eigenvalue weighted by atomic mass is 16.5. The van der Waals surface area contributed by atoms with Crippen molar-refractivity contribution in [1.82, 2.24) is 0 Å². The van der Waals surface area contributed by atoms with E-state index < -0.39 is 0 Å². The summed E-state index contributed by atoms with van der Waals surface area (Å²) in [7, 11) is 1.67. The fourth-order valence-electron chi connectivity index (χ4n) is 1.85. The predicted molar refractivity (Wildman–Crippen MR) is 79.4 cm³/mol. The molecule has 0 bridgehead atoms. The summed E-state index contributed by atoms with van der Waals surface area (Å²) in [4.78, 5) is 0. The van der Waals surface area contributed by atoms with Crippen LogP contribution in [0.5, 0.6) is 5.75 Å². The molecule has 2 N–H and O–H groups in total. The van der Waals surface area contributed by atoms with Gasteiger partial charge in [0.2, 0.25) is 0 Å². The van der Waals surface area contributed by atoms with E-state index in [1.807, 2.05) is 18.2 Å². The topological polar surface area (TPSA) is 44.5 Å². The minimum atomic E-state index is -0.0856. The van der Waals surface area contributed by atoms with E-state index >= 15 is 0 Å². The first-order valence-corrected chi connectivity index (χ1v) is 7.04. The third kappa shape index (κ3) is 4.51. The largest absolute Gasteiger partial charge is 0.497 e. The van der Waals surface area contributed by atoms with E-state index in [9.17, 15) is 0 Å². The van der Waals surface area contributed by atoms with Gasteiger partial charge in [-0.15, -0.1) is 0 Å². The summed E-state index contributed by atoms with van der Waals surface area (Å²) in [6.07, 6.45) is 0.971. The highest BCUT2D eigenvalue weighted by Gasteiger charge is 2.23. The highest BCUT2D eigenvalue weighted by molar-refractivity contribution is 5.30. The molecule has 0 aliphatic carbocycles. The molecular formula is C16H27NO2. The van der Waals surface area contributed by atoms with E-state index in [2.05, 4.69) is 33.8 Å². The SMILES string of the molecule is CCC(N)C(OC(C)C(C)C)c1cccc(OC)c1. The van der Waals surface area contributed by atoms with Gasteiger partial charge in [-0.3, -0.25) is 0 Å². The maximum atomic E-state index is 6.22. The van der Waals surface area contributed by atoms with Gasteiger partial charge in [0, 0.05) is 6.04 Å². The van der Waals surface area contributed by atoms with Crippen LogP contribution in [-0.2, 0) is 4.74 Å². The van der Waals surface area contributed by atoms with Crippen molar-refractivity contribution in [2.24, 2.45) is 11.7 Å². The molecule has 0 saturated heterocycles. The zero-order chi connectivity index (χ0) is 14.4. The number of rotatable bonds is 7. The Balaban J connectivity index is 2.95. The number of ether oxygens (including phenoxy) is 2. The molecule has 1 aromatic carbocycles. The van der Waals surface area contributed by atoms with Crippen LogP contribution in [-0.4, -0.2) is 19.3 Å². The molecule has 0 fully saturated rings. The minimum absolute atomic E-state index is 0.00620. The Hall–Kier alpha value is -1.06. The molecule has 3 heteroatoms. The summed E-state index contributed by atoms with van der Waals surface area (Å²) in [6.45, 7) is 8.50. The molecule has 108 valence electrons. The number of hydrogen-bond donors (Lipinski definition) is 1. The molecule has 0 aliphatic heterocycles. The molecule has 0 aliphatic rings. The van der Waals surface area contributed by atoms with Crippen LogP contribution < -0.4 is 10.5 Å². The summed E-state index contributed by atoms with van der Waals surface area (Å²) in [5, 5.41) is 0. The second kappa shape index (κ2) is 7.51. The summed E-state index contributed by atoms with van der Waals surface area (Å²) in [5.41, 5.74) is 7.31. The maximum Gasteiger partial charge on any atom is 0.119 e. The van der Waals surface area contributed by atoms with Gasteiger partial charge in [0.1, 0.15) is 5.75 Å². The molecule has 1 aromatic rings. The van der Waals surface area contributed by atoms with E-state index in [4.69, 9.17) is 15.2 Å². The molecule has 3 nitrogen and oxygen atoms in total. The number of benzene rings is 1. The molecule has 19 heavy (non-hydrogen) atoms. The van der Waals surface area contributed by atoms with Crippen molar-refractivity contribution in [1.29, 1.82) is 0 Å². The van der Waals surface area contributed by atoms with Gasteiger partial charge in [0.15, 0.2) is 0 Å². The first-order chi connectivity index (χ1) is 8.99. The van der Waals surface area contributed by atoms with Crippen LogP contribution in [0.3, 0.4) is 0 Å². The Morgan fingerprint density at radius 3 is 2.42 bits per heavy atom. The van der Waals surface area contributed by atoms with Gasteiger partial charge in [-0.25, -0.2) is 0 Å². The molecule has 0 heterocycles. The summed E-state index contributed by atoms with van der Waals surface area (Å²) < 4.78 is 11.4. The standard InChI is InChI=1S/C16H27NO2/c1-6-15(17)16(19-12(4)11(2)3)13-8-7-9-14(10-13)18-5/h7-12,15-16H,6,17H2,1-5H3. The quantitative estimate of drug-likeness (QED) is 0.820. The van der Waals surface area contributed by atoms with Crippen molar-refractivity contribution in [2.45, 2.75) is 52.4 Å². The third-order valence-electron chi connectivity index (χ3n) is 3.58. The lowest BCUT2D eigenvalue weighted by molar-refractivity contribution is -0.0396. The highest BCUT2D eigenvalue weighted by Crippen LogP contribution is 2.28. The monoisotopic (exact) mass is 265 g/mol. The van der Waals surface area contributed by atoms with Crippen LogP contribution in [0, 0.1) is 5.92 Å². The maximum absolute atomic E-state index is 6.22. The Morgan fingerprint density at radius 1 is 1.21 bits per heavy atom. The van der Waals surface area contributed by atoms with Gasteiger partial charge in [-0.1, -0.05) is 32.9 Å². The summed E-state index contributed by atoms with van der Waals surface area (Å²) >= 11 is 0. The van der Waals surface area contributed by atoms with E-state index in [0.29, 0.717) is 5.92 Å². The predicted octanol–water partition coefficient (Wildman–Crippen LogP) is 3.53. The fourth-order valence-corrected chi connectivity index (χ4v) is 1.85. The second-order valence-electron chi connectivity index (χ2n) is 5.35. The lowest BCUT2D eigenvalue weighted by Gasteiger charge is -2.29. The smallest absolute Gasteiger partial charge is 0.119 e. The van der Waals surface area contributed by atoms with Crippen molar-refractivity contribution in [3.63, 3.8) is 0 Å². The lowest BCUT2D eigenvalue weighted by Crippen LogP contribution is -2.33. The van der Waals surface area contributed by atoms with Crippen LogP contribution in [0.4, 0.5) is 0 Å². The Morgan fingerprint density at radius 2 is 1.89 bits per heavy atom. The Bertz CT molecular complexity index is 379. The first-order valence-electron chi connectivity index (χ1n) is 7.04. The average Bonchev–Trinajstić information content (AvgIpc) is 2.43. The molecule has 0 saturated carbocycles. The zero-order valence-corrected chi connectivity index (χ0v) is 12.7. The normalized spacial score (nSPS) is 16.2. The van der Waals surface area contributed by atoms with Crippen molar-refractivity contribution >= 4 is 0 Å².